The number of hydrogen-bond acceptors (Lipinski definition) is 4. The summed E-state index contributed by atoms with van der Waals surface area (Å²) in [6.45, 7) is 2.07. The van der Waals surface area contributed by atoms with E-state index in [1.807, 2.05) is 17.8 Å². The number of aromatic nitrogens is 4. The van der Waals surface area contributed by atoms with E-state index < -0.39 is 0 Å². The Kier molecular flexibility index (Phi) is 4.18. The van der Waals surface area contributed by atoms with Gasteiger partial charge in [-0.1, -0.05) is 13.3 Å². The first-order valence-electron chi connectivity index (χ1n) is 7.77. The van der Waals surface area contributed by atoms with Crippen molar-refractivity contribution in [2.75, 3.05) is 0 Å². The number of aryl methyl sites for hydroxylation is 2. The fourth-order valence-electron chi connectivity index (χ4n) is 2.70. The molecule has 1 aliphatic carbocycles. The molecule has 116 valence electrons. The number of imidazole rings is 1. The molecule has 6 heteroatoms. The first-order chi connectivity index (χ1) is 10.7. The molecular formula is C16H21N5O. The van der Waals surface area contributed by atoms with E-state index in [-0.39, 0.29) is 11.9 Å². The van der Waals surface area contributed by atoms with Crippen LogP contribution in [-0.4, -0.2) is 25.4 Å². The minimum absolute atomic E-state index is 0.0396. The molecule has 3 rings (SSSR count). The molecule has 1 N–H and O–H groups in total. The molecule has 22 heavy (non-hydrogen) atoms. The molecule has 1 saturated carbocycles. The summed E-state index contributed by atoms with van der Waals surface area (Å²) in [7, 11) is 1.96. The zero-order valence-corrected chi connectivity index (χ0v) is 13.0. The second-order valence-corrected chi connectivity index (χ2v) is 5.82. The number of nitrogens with one attached hydrogen (secondary N) is 1. The summed E-state index contributed by atoms with van der Waals surface area (Å²) in [5.74, 6) is 1.28. The van der Waals surface area contributed by atoms with Crippen LogP contribution in [0.15, 0.2) is 24.9 Å². The van der Waals surface area contributed by atoms with Gasteiger partial charge in [-0.15, -0.1) is 0 Å². The van der Waals surface area contributed by atoms with Crippen molar-refractivity contribution in [3.63, 3.8) is 0 Å². The Morgan fingerprint density at radius 2 is 2.27 bits per heavy atom. The van der Waals surface area contributed by atoms with Crippen LogP contribution in [0.2, 0.25) is 0 Å². The SMILES string of the molecule is CCCc1ncncc1C(=O)N[C@@H](c1nccn1C)C1CC1. The zero-order chi connectivity index (χ0) is 15.5. The van der Waals surface area contributed by atoms with Gasteiger partial charge in [0.1, 0.15) is 12.2 Å². The van der Waals surface area contributed by atoms with Gasteiger partial charge in [0.05, 0.1) is 17.3 Å². The number of carbonyl (C=O) groups excluding carboxylic acids is 1. The van der Waals surface area contributed by atoms with E-state index in [2.05, 4.69) is 27.2 Å². The van der Waals surface area contributed by atoms with Crippen LogP contribution < -0.4 is 5.32 Å². The smallest absolute Gasteiger partial charge is 0.255 e. The minimum atomic E-state index is -0.107. The molecule has 0 unspecified atom stereocenters. The first kappa shape index (κ1) is 14.7. The summed E-state index contributed by atoms with van der Waals surface area (Å²) in [4.78, 5) is 25.3. The summed E-state index contributed by atoms with van der Waals surface area (Å²) >= 11 is 0. The van der Waals surface area contributed by atoms with Gasteiger partial charge in [0.2, 0.25) is 0 Å². The summed E-state index contributed by atoms with van der Waals surface area (Å²) in [6, 6.07) is -0.0396. The Balaban J connectivity index is 1.82. The van der Waals surface area contributed by atoms with Gasteiger partial charge in [-0.2, -0.15) is 0 Å². The lowest BCUT2D eigenvalue weighted by molar-refractivity contribution is 0.0927. The lowest BCUT2D eigenvalue weighted by Gasteiger charge is -2.18. The quantitative estimate of drug-likeness (QED) is 0.886. The lowest BCUT2D eigenvalue weighted by atomic mass is 10.1. The van der Waals surface area contributed by atoms with E-state index in [4.69, 9.17) is 0 Å². The third-order valence-corrected chi connectivity index (χ3v) is 4.04. The second kappa shape index (κ2) is 6.25. The van der Waals surface area contributed by atoms with Crippen LogP contribution in [0.5, 0.6) is 0 Å². The molecule has 0 bridgehead atoms. The fraction of sp³-hybridized carbons (Fsp3) is 0.500. The molecular weight excluding hydrogens is 278 g/mol. The molecule has 2 heterocycles. The normalized spacial score (nSPS) is 15.5. The monoisotopic (exact) mass is 299 g/mol. The second-order valence-electron chi connectivity index (χ2n) is 5.82. The predicted octanol–water partition coefficient (Wildman–Crippen LogP) is 2.04. The highest BCUT2D eigenvalue weighted by Gasteiger charge is 2.36. The van der Waals surface area contributed by atoms with Crippen molar-refractivity contribution < 1.29 is 4.79 Å². The molecule has 1 amide bonds. The molecule has 1 fully saturated rings. The minimum Gasteiger partial charge on any atom is -0.342 e. The molecule has 0 radical (unpaired) electrons. The van der Waals surface area contributed by atoms with Gasteiger partial charge in [0, 0.05) is 25.6 Å². The van der Waals surface area contributed by atoms with Crippen LogP contribution in [0.3, 0.4) is 0 Å². The van der Waals surface area contributed by atoms with Crippen LogP contribution in [0, 0.1) is 5.92 Å². The van der Waals surface area contributed by atoms with Crippen molar-refractivity contribution in [1.82, 2.24) is 24.8 Å². The van der Waals surface area contributed by atoms with Crippen LogP contribution in [0.25, 0.3) is 0 Å². The Labute approximate surface area is 130 Å². The van der Waals surface area contributed by atoms with E-state index in [0.29, 0.717) is 11.5 Å². The zero-order valence-electron chi connectivity index (χ0n) is 13.0. The number of nitrogens with zero attached hydrogens (tertiary/aromatic N) is 4. The summed E-state index contributed by atoms with van der Waals surface area (Å²) in [5, 5.41) is 3.14. The van der Waals surface area contributed by atoms with Gasteiger partial charge < -0.3 is 9.88 Å². The van der Waals surface area contributed by atoms with E-state index >= 15 is 0 Å². The van der Waals surface area contributed by atoms with Crippen LogP contribution >= 0.6 is 0 Å². The van der Waals surface area contributed by atoms with E-state index in [1.165, 1.54) is 6.33 Å². The van der Waals surface area contributed by atoms with Crippen molar-refractivity contribution in [1.29, 1.82) is 0 Å². The molecule has 0 aliphatic heterocycles. The summed E-state index contributed by atoms with van der Waals surface area (Å²) in [5.41, 5.74) is 1.38. The molecule has 0 saturated heterocycles. The topological polar surface area (TPSA) is 72.7 Å². The Morgan fingerprint density at radius 3 is 2.91 bits per heavy atom. The van der Waals surface area contributed by atoms with Crippen LogP contribution in [-0.2, 0) is 13.5 Å². The highest BCUT2D eigenvalue weighted by molar-refractivity contribution is 5.95. The number of hydrogen-bond donors (Lipinski definition) is 1. The van der Waals surface area contributed by atoms with E-state index in [0.717, 1.165) is 37.2 Å². The molecule has 0 spiro atoms. The van der Waals surface area contributed by atoms with Crippen LogP contribution in [0.4, 0.5) is 0 Å². The highest BCUT2D eigenvalue weighted by atomic mass is 16.1. The highest BCUT2D eigenvalue weighted by Crippen LogP contribution is 2.40. The maximum absolute atomic E-state index is 12.7. The molecule has 6 nitrogen and oxygen atoms in total. The Morgan fingerprint density at radius 1 is 1.45 bits per heavy atom. The van der Waals surface area contributed by atoms with Crippen molar-refractivity contribution in [3.05, 3.63) is 42.0 Å². The average molecular weight is 299 g/mol. The summed E-state index contributed by atoms with van der Waals surface area (Å²) in [6.07, 6.45) is 10.8. The predicted molar refractivity (Wildman–Crippen MR) is 82.2 cm³/mol. The van der Waals surface area contributed by atoms with Crippen LogP contribution in [0.1, 0.15) is 54.1 Å². The number of amides is 1. The van der Waals surface area contributed by atoms with E-state index in [9.17, 15) is 4.79 Å². The molecule has 2 aromatic heterocycles. The van der Waals surface area contributed by atoms with Crippen molar-refractivity contribution >= 4 is 5.91 Å². The molecule has 0 aromatic carbocycles. The largest absolute Gasteiger partial charge is 0.342 e. The Bertz CT molecular complexity index is 662. The maximum Gasteiger partial charge on any atom is 0.255 e. The lowest BCUT2D eigenvalue weighted by Crippen LogP contribution is -2.32. The third-order valence-electron chi connectivity index (χ3n) is 4.04. The van der Waals surface area contributed by atoms with Crippen molar-refractivity contribution in [2.45, 2.75) is 38.6 Å². The van der Waals surface area contributed by atoms with Gasteiger partial charge >= 0.3 is 0 Å². The number of carbonyl (C=O) groups is 1. The standard InChI is InChI=1S/C16H21N5O/c1-3-4-13-12(9-17-10-19-13)16(22)20-14(11-5-6-11)15-18-7-8-21(15)2/h7-11,14H,3-6H2,1-2H3,(H,20,22)/t14-/m1/s1. The molecule has 2 aromatic rings. The molecule has 1 atom stereocenters. The first-order valence-corrected chi connectivity index (χ1v) is 7.77. The fourth-order valence-corrected chi connectivity index (χ4v) is 2.70. The van der Waals surface area contributed by atoms with Crippen molar-refractivity contribution in [3.8, 4) is 0 Å². The van der Waals surface area contributed by atoms with E-state index in [1.54, 1.807) is 12.4 Å². The van der Waals surface area contributed by atoms with Gasteiger partial charge in [-0.3, -0.25) is 4.79 Å². The molecule has 1 aliphatic rings. The summed E-state index contributed by atoms with van der Waals surface area (Å²) < 4.78 is 1.97. The van der Waals surface area contributed by atoms with Gasteiger partial charge in [0.15, 0.2) is 0 Å². The van der Waals surface area contributed by atoms with Gasteiger partial charge in [-0.05, 0) is 25.2 Å². The third kappa shape index (κ3) is 3.00. The van der Waals surface area contributed by atoms with Crippen molar-refractivity contribution in [2.24, 2.45) is 13.0 Å². The number of rotatable bonds is 6. The Hall–Kier alpha value is -2.24. The maximum atomic E-state index is 12.7. The van der Waals surface area contributed by atoms with Gasteiger partial charge in [0.25, 0.3) is 5.91 Å². The average Bonchev–Trinajstić information content (AvgIpc) is 3.27. The van der Waals surface area contributed by atoms with Gasteiger partial charge in [-0.25, -0.2) is 15.0 Å².